The number of nitrogens with one attached hydrogen (secondary N) is 1. The van der Waals surface area contributed by atoms with Crippen molar-refractivity contribution < 1.29 is 9.72 Å². The second-order valence-corrected chi connectivity index (χ2v) is 4.55. The maximum atomic E-state index is 11.4. The first-order valence-corrected chi connectivity index (χ1v) is 5.86. The molecule has 0 radical (unpaired) electrons. The average Bonchev–Trinajstić information content (AvgIpc) is 2.81. The van der Waals surface area contributed by atoms with E-state index in [0.717, 1.165) is 4.90 Å². The summed E-state index contributed by atoms with van der Waals surface area (Å²) in [4.78, 5) is 29.3. The molecule has 0 saturated carbocycles. The minimum atomic E-state index is -0.557. The number of aromatic amines is 1. The molecular formula is C11H9N3O3S. The van der Waals surface area contributed by atoms with E-state index in [2.05, 4.69) is 9.97 Å². The molecule has 1 N–H and O–H groups in total. The summed E-state index contributed by atoms with van der Waals surface area (Å²) in [6, 6.07) is 4.44. The summed E-state index contributed by atoms with van der Waals surface area (Å²) in [5.74, 6) is -0.330. The monoisotopic (exact) mass is 263 g/mol. The zero-order valence-electron chi connectivity index (χ0n) is 9.41. The molecule has 0 fully saturated rings. The Labute approximate surface area is 107 Å². The van der Waals surface area contributed by atoms with Crippen LogP contribution in [0.15, 0.2) is 40.6 Å². The van der Waals surface area contributed by atoms with Crippen LogP contribution in [0.3, 0.4) is 0 Å². The summed E-state index contributed by atoms with van der Waals surface area (Å²) in [6.07, 6.45) is 3.29. The van der Waals surface area contributed by atoms with Crippen LogP contribution >= 0.6 is 11.8 Å². The highest BCUT2D eigenvalue weighted by atomic mass is 32.2. The number of Topliss-reactive ketones (excluding diaryl/α,β-unsaturated/α-hetero) is 1. The van der Waals surface area contributed by atoms with Gasteiger partial charge in [-0.15, -0.1) is 0 Å². The third kappa shape index (κ3) is 2.57. The van der Waals surface area contributed by atoms with Crippen molar-refractivity contribution in [2.24, 2.45) is 0 Å². The smallest absolute Gasteiger partial charge is 0.280 e. The Bertz CT molecular complexity index is 596. The number of imidazole rings is 1. The molecule has 0 amide bonds. The molecular weight excluding hydrogens is 254 g/mol. The van der Waals surface area contributed by atoms with Gasteiger partial charge in [-0.3, -0.25) is 14.9 Å². The average molecular weight is 263 g/mol. The Balaban J connectivity index is 2.37. The number of aromatic nitrogens is 2. The first-order valence-electron chi connectivity index (χ1n) is 5.04. The number of hydrogen-bond donors (Lipinski definition) is 1. The quantitative estimate of drug-likeness (QED) is 0.520. The van der Waals surface area contributed by atoms with E-state index >= 15 is 0 Å². The second kappa shape index (κ2) is 5.01. The molecule has 0 saturated heterocycles. The number of nitro benzene ring substituents is 1. The van der Waals surface area contributed by atoms with Crippen molar-refractivity contribution in [3.63, 3.8) is 0 Å². The zero-order valence-corrected chi connectivity index (χ0v) is 10.2. The molecule has 0 spiro atoms. The van der Waals surface area contributed by atoms with Gasteiger partial charge in [0.2, 0.25) is 0 Å². The predicted octanol–water partition coefficient (Wildman–Crippen LogP) is 2.67. The highest BCUT2D eigenvalue weighted by molar-refractivity contribution is 7.99. The summed E-state index contributed by atoms with van der Waals surface area (Å²) in [5.41, 5.74) is -0.0668. The molecule has 1 aromatic heterocycles. The molecule has 0 aliphatic heterocycles. The summed E-state index contributed by atoms with van der Waals surface area (Å²) in [5, 5.41) is 11.4. The van der Waals surface area contributed by atoms with Gasteiger partial charge in [-0.05, 0) is 19.1 Å². The topological polar surface area (TPSA) is 88.9 Å². The van der Waals surface area contributed by atoms with Gasteiger partial charge in [-0.1, -0.05) is 11.8 Å². The Kier molecular flexibility index (Phi) is 3.42. The van der Waals surface area contributed by atoms with E-state index in [0.29, 0.717) is 5.16 Å². The fourth-order valence-corrected chi connectivity index (χ4v) is 2.21. The SMILES string of the molecule is CC(=O)c1cc(Sc2ncc[nH]2)ccc1[N+](=O)[O-]. The lowest BCUT2D eigenvalue weighted by Crippen LogP contribution is -2.00. The molecule has 0 aliphatic carbocycles. The maximum absolute atomic E-state index is 11.4. The van der Waals surface area contributed by atoms with Crippen molar-refractivity contribution in [1.29, 1.82) is 0 Å². The number of benzene rings is 1. The maximum Gasteiger partial charge on any atom is 0.280 e. The summed E-state index contributed by atoms with van der Waals surface area (Å²) >= 11 is 1.30. The number of carbonyl (C=O) groups is 1. The first-order chi connectivity index (χ1) is 8.58. The van der Waals surface area contributed by atoms with Crippen LogP contribution in [0.4, 0.5) is 5.69 Å². The van der Waals surface area contributed by atoms with Crippen LogP contribution in [0.5, 0.6) is 0 Å². The Hall–Kier alpha value is -2.15. The number of hydrogen-bond acceptors (Lipinski definition) is 5. The van der Waals surface area contributed by atoms with Gasteiger partial charge in [0.25, 0.3) is 5.69 Å². The van der Waals surface area contributed by atoms with E-state index in [-0.39, 0.29) is 17.0 Å². The summed E-state index contributed by atoms with van der Waals surface area (Å²) in [6.45, 7) is 1.31. The fraction of sp³-hybridized carbons (Fsp3) is 0.0909. The van der Waals surface area contributed by atoms with Crippen LogP contribution in [-0.4, -0.2) is 20.7 Å². The molecule has 18 heavy (non-hydrogen) atoms. The van der Waals surface area contributed by atoms with Gasteiger partial charge in [0.15, 0.2) is 10.9 Å². The van der Waals surface area contributed by atoms with Crippen molar-refractivity contribution in [2.75, 3.05) is 0 Å². The molecule has 7 heteroatoms. The molecule has 2 rings (SSSR count). The van der Waals surface area contributed by atoms with E-state index in [1.807, 2.05) is 0 Å². The molecule has 0 unspecified atom stereocenters. The van der Waals surface area contributed by atoms with Gasteiger partial charge in [0.05, 0.1) is 10.5 Å². The van der Waals surface area contributed by atoms with Crippen LogP contribution in [-0.2, 0) is 0 Å². The third-order valence-corrected chi connectivity index (χ3v) is 3.14. The van der Waals surface area contributed by atoms with E-state index in [1.54, 1.807) is 18.5 Å². The largest absolute Gasteiger partial charge is 0.339 e. The van der Waals surface area contributed by atoms with Crippen molar-refractivity contribution in [1.82, 2.24) is 9.97 Å². The lowest BCUT2D eigenvalue weighted by molar-refractivity contribution is -0.385. The lowest BCUT2D eigenvalue weighted by atomic mass is 10.1. The van der Waals surface area contributed by atoms with Gasteiger partial charge in [-0.25, -0.2) is 4.98 Å². The Morgan fingerprint density at radius 2 is 2.28 bits per heavy atom. The molecule has 1 aromatic carbocycles. The third-order valence-electron chi connectivity index (χ3n) is 2.23. The number of ketones is 1. The van der Waals surface area contributed by atoms with E-state index < -0.39 is 4.92 Å². The van der Waals surface area contributed by atoms with Gasteiger partial charge < -0.3 is 4.98 Å². The van der Waals surface area contributed by atoms with Crippen molar-refractivity contribution in [3.05, 3.63) is 46.3 Å². The predicted molar refractivity (Wildman–Crippen MR) is 65.8 cm³/mol. The number of carbonyl (C=O) groups excluding carboxylic acids is 1. The van der Waals surface area contributed by atoms with Crippen molar-refractivity contribution in [3.8, 4) is 0 Å². The number of H-pyrrole nitrogens is 1. The van der Waals surface area contributed by atoms with Gasteiger partial charge >= 0.3 is 0 Å². The first kappa shape index (κ1) is 12.3. The second-order valence-electron chi connectivity index (χ2n) is 3.49. The summed E-state index contributed by atoms with van der Waals surface area (Å²) < 4.78 is 0. The number of nitrogens with zero attached hydrogens (tertiary/aromatic N) is 2. The Morgan fingerprint density at radius 3 is 2.83 bits per heavy atom. The molecule has 0 atom stereocenters. The van der Waals surface area contributed by atoms with Gasteiger partial charge in [0, 0.05) is 23.4 Å². The number of nitro groups is 1. The van der Waals surface area contributed by atoms with Crippen LogP contribution in [0.2, 0.25) is 0 Å². The van der Waals surface area contributed by atoms with E-state index in [9.17, 15) is 14.9 Å². The molecule has 6 nitrogen and oxygen atoms in total. The van der Waals surface area contributed by atoms with Crippen LogP contribution in [0.1, 0.15) is 17.3 Å². The molecule has 2 aromatic rings. The molecule has 1 heterocycles. The lowest BCUT2D eigenvalue weighted by Gasteiger charge is -2.02. The fourth-order valence-electron chi connectivity index (χ4n) is 1.44. The highest BCUT2D eigenvalue weighted by Crippen LogP contribution is 2.29. The van der Waals surface area contributed by atoms with Crippen molar-refractivity contribution in [2.45, 2.75) is 17.0 Å². The Morgan fingerprint density at radius 1 is 1.50 bits per heavy atom. The minimum Gasteiger partial charge on any atom is -0.339 e. The minimum absolute atomic E-state index is 0.108. The van der Waals surface area contributed by atoms with Crippen LogP contribution in [0, 0.1) is 10.1 Å². The van der Waals surface area contributed by atoms with Crippen molar-refractivity contribution >= 4 is 23.2 Å². The van der Waals surface area contributed by atoms with E-state index in [1.165, 1.54) is 30.8 Å². The zero-order chi connectivity index (χ0) is 13.1. The normalized spacial score (nSPS) is 10.3. The van der Waals surface area contributed by atoms with Crippen LogP contribution in [0.25, 0.3) is 0 Å². The molecule has 0 bridgehead atoms. The van der Waals surface area contributed by atoms with E-state index in [4.69, 9.17) is 0 Å². The molecule has 92 valence electrons. The highest BCUT2D eigenvalue weighted by Gasteiger charge is 2.18. The van der Waals surface area contributed by atoms with Gasteiger partial charge in [-0.2, -0.15) is 0 Å². The van der Waals surface area contributed by atoms with Gasteiger partial charge in [0.1, 0.15) is 0 Å². The summed E-state index contributed by atoms with van der Waals surface area (Å²) in [7, 11) is 0. The standard InChI is InChI=1S/C11H9N3O3S/c1-7(15)9-6-8(2-3-10(9)14(16)17)18-11-12-4-5-13-11/h2-6H,1H3,(H,12,13). The number of rotatable bonds is 4. The van der Waals surface area contributed by atoms with Crippen LogP contribution < -0.4 is 0 Å². The molecule has 0 aliphatic rings.